The molecule has 2 heterocycles. The second-order valence-corrected chi connectivity index (χ2v) is 11.2. The van der Waals surface area contributed by atoms with E-state index in [1.807, 2.05) is 12.3 Å². The van der Waals surface area contributed by atoms with Crippen molar-refractivity contribution in [3.8, 4) is 28.2 Å². The van der Waals surface area contributed by atoms with Crippen molar-refractivity contribution in [3.63, 3.8) is 0 Å². The third-order valence-electron chi connectivity index (χ3n) is 7.28. The largest absolute Gasteiger partial charge is 0.464 e. The lowest BCUT2D eigenvalue weighted by Crippen LogP contribution is -2.10. The standard InChI is InChI=1S/C34H32N2O/c1-22(2)25-14-19-32-28(20-25)29(21-37-32)33-35-30-8-6-7-9-31(30)36(33)27-17-12-24(13-18-27)23-10-15-26(16-11-23)34(3,4)5/h6-22H,1-5H3. The number of rotatable bonds is 4. The number of fused-ring (bicyclic) bond motifs is 2. The van der Waals surface area contributed by atoms with Gasteiger partial charge in [-0.1, -0.05) is 89.2 Å². The first-order chi connectivity index (χ1) is 17.8. The molecule has 3 nitrogen and oxygen atoms in total. The maximum Gasteiger partial charge on any atom is 0.149 e. The molecule has 0 radical (unpaired) electrons. The predicted octanol–water partition coefficient (Wildman–Crippen LogP) is 9.53. The second kappa shape index (κ2) is 8.77. The lowest BCUT2D eigenvalue weighted by molar-refractivity contribution is 0.590. The van der Waals surface area contributed by atoms with E-state index in [1.165, 1.54) is 22.3 Å². The number of nitrogens with zero attached hydrogens (tertiary/aromatic N) is 2. The molecular formula is C34H32N2O. The number of para-hydroxylation sites is 2. The zero-order valence-corrected chi connectivity index (χ0v) is 22.1. The summed E-state index contributed by atoms with van der Waals surface area (Å²) in [5.41, 5.74) is 10.2. The van der Waals surface area contributed by atoms with Gasteiger partial charge in [0.15, 0.2) is 0 Å². The quantitative estimate of drug-likeness (QED) is 0.249. The Morgan fingerprint density at radius 3 is 2.14 bits per heavy atom. The zero-order chi connectivity index (χ0) is 25.7. The molecule has 0 aliphatic heterocycles. The molecule has 0 saturated carbocycles. The van der Waals surface area contributed by atoms with Crippen molar-refractivity contribution in [2.45, 2.75) is 46.0 Å². The van der Waals surface area contributed by atoms with Crippen molar-refractivity contribution in [3.05, 3.63) is 108 Å². The van der Waals surface area contributed by atoms with Gasteiger partial charge >= 0.3 is 0 Å². The zero-order valence-electron chi connectivity index (χ0n) is 22.1. The van der Waals surface area contributed by atoms with Crippen LogP contribution in [0.25, 0.3) is 50.2 Å². The summed E-state index contributed by atoms with van der Waals surface area (Å²) < 4.78 is 8.23. The van der Waals surface area contributed by atoms with E-state index in [4.69, 9.17) is 9.40 Å². The Kier molecular flexibility index (Phi) is 5.52. The number of hydrogen-bond donors (Lipinski definition) is 0. The van der Waals surface area contributed by atoms with Gasteiger partial charge in [0, 0.05) is 11.1 Å². The van der Waals surface area contributed by atoms with E-state index in [1.54, 1.807) is 0 Å². The van der Waals surface area contributed by atoms with Gasteiger partial charge in [-0.2, -0.15) is 0 Å². The summed E-state index contributed by atoms with van der Waals surface area (Å²) in [6, 6.07) is 32.5. The highest BCUT2D eigenvalue weighted by Gasteiger charge is 2.19. The van der Waals surface area contributed by atoms with E-state index in [0.29, 0.717) is 5.92 Å². The van der Waals surface area contributed by atoms with Crippen molar-refractivity contribution in [1.29, 1.82) is 0 Å². The maximum absolute atomic E-state index is 5.98. The molecule has 0 N–H and O–H groups in total. The Balaban J connectivity index is 1.47. The van der Waals surface area contributed by atoms with E-state index in [-0.39, 0.29) is 5.41 Å². The maximum atomic E-state index is 5.98. The normalized spacial score (nSPS) is 12.2. The van der Waals surface area contributed by atoms with Crippen molar-refractivity contribution in [2.24, 2.45) is 0 Å². The van der Waals surface area contributed by atoms with Gasteiger partial charge in [-0.05, 0) is 70.0 Å². The molecule has 0 aliphatic carbocycles. The number of aromatic nitrogens is 2. The third-order valence-corrected chi connectivity index (χ3v) is 7.28. The number of imidazole rings is 1. The molecule has 0 spiro atoms. The fourth-order valence-corrected chi connectivity index (χ4v) is 5.01. The Hall–Kier alpha value is -4.11. The van der Waals surface area contributed by atoms with E-state index >= 15 is 0 Å². The monoisotopic (exact) mass is 484 g/mol. The van der Waals surface area contributed by atoms with Crippen LogP contribution in [0.2, 0.25) is 0 Å². The molecule has 6 aromatic rings. The van der Waals surface area contributed by atoms with E-state index < -0.39 is 0 Å². The van der Waals surface area contributed by atoms with Crippen LogP contribution < -0.4 is 0 Å². The molecule has 0 unspecified atom stereocenters. The highest BCUT2D eigenvalue weighted by Crippen LogP contribution is 2.36. The molecule has 0 bridgehead atoms. The molecule has 3 heteroatoms. The minimum Gasteiger partial charge on any atom is -0.464 e. The van der Waals surface area contributed by atoms with Crippen LogP contribution in [-0.4, -0.2) is 9.55 Å². The van der Waals surface area contributed by atoms with Crippen molar-refractivity contribution < 1.29 is 4.42 Å². The van der Waals surface area contributed by atoms with E-state index in [2.05, 4.69) is 124 Å². The molecule has 4 aromatic carbocycles. The average molecular weight is 485 g/mol. The number of hydrogen-bond acceptors (Lipinski definition) is 2. The lowest BCUT2D eigenvalue weighted by Gasteiger charge is -2.19. The fourth-order valence-electron chi connectivity index (χ4n) is 5.01. The SMILES string of the molecule is CC(C)c1ccc2occ(-c3nc4ccccc4n3-c3ccc(-c4ccc(C(C)(C)C)cc4)cc3)c2c1. The van der Waals surface area contributed by atoms with Crippen LogP contribution in [0.4, 0.5) is 0 Å². The molecule has 0 amide bonds. The van der Waals surface area contributed by atoms with Crippen LogP contribution in [0.15, 0.2) is 102 Å². The molecule has 0 aliphatic rings. The topological polar surface area (TPSA) is 31.0 Å². The van der Waals surface area contributed by atoms with Gasteiger partial charge in [-0.25, -0.2) is 4.98 Å². The van der Waals surface area contributed by atoms with Crippen LogP contribution in [0.3, 0.4) is 0 Å². The summed E-state index contributed by atoms with van der Waals surface area (Å²) >= 11 is 0. The first-order valence-electron chi connectivity index (χ1n) is 13.0. The molecule has 0 fully saturated rings. The molecule has 0 saturated heterocycles. The first kappa shape index (κ1) is 23.3. The van der Waals surface area contributed by atoms with Gasteiger partial charge in [0.25, 0.3) is 0 Å². The highest BCUT2D eigenvalue weighted by atomic mass is 16.3. The Morgan fingerprint density at radius 1 is 0.784 bits per heavy atom. The van der Waals surface area contributed by atoms with Crippen LogP contribution in [0.1, 0.15) is 51.7 Å². The molecule has 184 valence electrons. The molecule has 6 rings (SSSR count). The lowest BCUT2D eigenvalue weighted by atomic mass is 9.86. The third kappa shape index (κ3) is 4.15. The highest BCUT2D eigenvalue weighted by molar-refractivity contribution is 5.95. The fraction of sp³-hybridized carbons (Fsp3) is 0.206. The van der Waals surface area contributed by atoms with Crippen LogP contribution in [0.5, 0.6) is 0 Å². The van der Waals surface area contributed by atoms with Crippen LogP contribution in [-0.2, 0) is 5.41 Å². The summed E-state index contributed by atoms with van der Waals surface area (Å²) in [4.78, 5) is 5.07. The van der Waals surface area contributed by atoms with Gasteiger partial charge < -0.3 is 4.42 Å². The Labute approximate surface area is 218 Å². The minimum atomic E-state index is 0.147. The van der Waals surface area contributed by atoms with Gasteiger partial charge in [-0.3, -0.25) is 4.57 Å². The summed E-state index contributed by atoms with van der Waals surface area (Å²) in [5.74, 6) is 1.33. The predicted molar refractivity (Wildman–Crippen MR) is 155 cm³/mol. The summed E-state index contributed by atoms with van der Waals surface area (Å²) in [7, 11) is 0. The Bertz CT molecular complexity index is 1710. The number of benzene rings is 4. The number of furan rings is 1. The van der Waals surface area contributed by atoms with Crippen LogP contribution in [0, 0.1) is 0 Å². The molecular weight excluding hydrogens is 452 g/mol. The molecule has 0 atom stereocenters. The Morgan fingerprint density at radius 2 is 1.46 bits per heavy atom. The van der Waals surface area contributed by atoms with E-state index in [0.717, 1.165) is 39.1 Å². The second-order valence-electron chi connectivity index (χ2n) is 11.2. The average Bonchev–Trinajstić information content (AvgIpc) is 3.49. The van der Waals surface area contributed by atoms with Gasteiger partial charge in [-0.15, -0.1) is 0 Å². The van der Waals surface area contributed by atoms with Crippen molar-refractivity contribution >= 4 is 22.0 Å². The summed E-state index contributed by atoms with van der Waals surface area (Å²) in [5, 5.41) is 1.10. The smallest absolute Gasteiger partial charge is 0.149 e. The summed E-state index contributed by atoms with van der Waals surface area (Å²) in [6.45, 7) is 11.2. The van der Waals surface area contributed by atoms with Gasteiger partial charge in [0.2, 0.25) is 0 Å². The van der Waals surface area contributed by atoms with Crippen molar-refractivity contribution in [1.82, 2.24) is 9.55 Å². The summed E-state index contributed by atoms with van der Waals surface area (Å²) in [6.07, 6.45) is 1.84. The molecule has 2 aromatic heterocycles. The van der Waals surface area contributed by atoms with Crippen LogP contribution >= 0.6 is 0 Å². The van der Waals surface area contributed by atoms with Gasteiger partial charge in [0.05, 0.1) is 16.6 Å². The minimum absolute atomic E-state index is 0.147. The van der Waals surface area contributed by atoms with E-state index in [9.17, 15) is 0 Å². The van der Waals surface area contributed by atoms with Gasteiger partial charge in [0.1, 0.15) is 17.7 Å². The first-order valence-corrected chi connectivity index (χ1v) is 13.0. The molecule has 37 heavy (non-hydrogen) atoms. The van der Waals surface area contributed by atoms with Crippen molar-refractivity contribution in [2.75, 3.05) is 0 Å².